The van der Waals surface area contributed by atoms with Gasteiger partial charge in [-0.1, -0.05) is 0 Å². The zero-order chi connectivity index (χ0) is 26.4. The molecule has 0 atom stereocenters. The minimum Gasteiger partial charge on any atom is -0.457 e. The molecule has 0 aliphatic heterocycles. The second kappa shape index (κ2) is 11.3. The van der Waals surface area contributed by atoms with Crippen molar-refractivity contribution in [1.82, 2.24) is 0 Å². The second-order valence-electron chi connectivity index (χ2n) is 8.09. The number of alkyl halides is 1. The van der Waals surface area contributed by atoms with Crippen LogP contribution in [0.1, 0.15) is 5.56 Å². The molecule has 0 saturated carbocycles. The molecule has 0 fully saturated rings. The highest BCUT2D eigenvalue weighted by atomic mass is 32.2. The molecule has 4 aromatic rings. The summed E-state index contributed by atoms with van der Waals surface area (Å²) in [5.41, 5.74) is 12.4. The van der Waals surface area contributed by atoms with E-state index in [1.165, 1.54) is 60.7 Å². The highest BCUT2D eigenvalue weighted by Gasteiger charge is 2.18. The number of ether oxygens (including phenoxy) is 2. The summed E-state index contributed by atoms with van der Waals surface area (Å²) in [6.07, 6.45) is 0. The number of halogens is 2. The Bertz CT molecular complexity index is 1460. The Morgan fingerprint density at radius 2 is 1.32 bits per heavy atom. The van der Waals surface area contributed by atoms with Gasteiger partial charge in [-0.2, -0.15) is 0 Å². The van der Waals surface area contributed by atoms with Gasteiger partial charge >= 0.3 is 0 Å². The van der Waals surface area contributed by atoms with E-state index in [0.29, 0.717) is 41.6 Å². The van der Waals surface area contributed by atoms with E-state index in [1.54, 1.807) is 18.2 Å². The Kier molecular flexibility index (Phi) is 7.90. The van der Waals surface area contributed by atoms with Crippen molar-refractivity contribution in [2.75, 3.05) is 24.1 Å². The maximum atomic E-state index is 13.5. The lowest BCUT2D eigenvalue weighted by Gasteiger charge is -2.12. The molecule has 0 amide bonds. The van der Waals surface area contributed by atoms with Gasteiger partial charge in [-0.25, -0.2) is 17.2 Å². The number of anilines is 2. The van der Waals surface area contributed by atoms with Gasteiger partial charge in [-0.05, 0) is 72.3 Å². The van der Waals surface area contributed by atoms with Gasteiger partial charge in [0, 0.05) is 42.7 Å². The van der Waals surface area contributed by atoms with Crippen LogP contribution in [-0.4, -0.2) is 21.5 Å². The van der Waals surface area contributed by atoms with Gasteiger partial charge in [0.05, 0.1) is 9.79 Å². The summed E-state index contributed by atoms with van der Waals surface area (Å²) in [5.74, 6) is 0.769. The largest absolute Gasteiger partial charge is 0.457 e. The van der Waals surface area contributed by atoms with Crippen LogP contribution in [0.5, 0.6) is 23.0 Å². The van der Waals surface area contributed by atoms with Crippen LogP contribution in [0.3, 0.4) is 0 Å². The van der Waals surface area contributed by atoms with Crippen molar-refractivity contribution < 1.29 is 26.7 Å². The van der Waals surface area contributed by atoms with Crippen molar-refractivity contribution in [1.29, 1.82) is 0 Å². The predicted octanol–water partition coefficient (Wildman–Crippen LogP) is 5.67. The zero-order valence-electron chi connectivity index (χ0n) is 19.7. The molecule has 4 aromatic carbocycles. The molecule has 37 heavy (non-hydrogen) atoms. The summed E-state index contributed by atoms with van der Waals surface area (Å²) < 4.78 is 64.3. The lowest BCUT2D eigenvalue weighted by molar-refractivity contribution is 0.468. The number of nitrogens with two attached hydrogens (primary N) is 2. The van der Waals surface area contributed by atoms with E-state index in [9.17, 15) is 17.2 Å². The lowest BCUT2D eigenvalue weighted by Crippen LogP contribution is -2.13. The van der Waals surface area contributed by atoms with Crippen molar-refractivity contribution in [3.05, 3.63) is 96.3 Å². The topological polar surface area (TPSA) is 117 Å². The molecule has 0 spiro atoms. The fourth-order valence-electron chi connectivity index (χ4n) is 3.54. The summed E-state index contributed by atoms with van der Waals surface area (Å²) in [4.78, 5) is 0.118. The predicted molar refractivity (Wildman–Crippen MR) is 138 cm³/mol. The minimum atomic E-state index is -3.82. The third-order valence-corrected chi connectivity index (χ3v) is 7.01. The fraction of sp³-hybridized carbons (Fsp3) is 0.111. The van der Waals surface area contributed by atoms with Crippen molar-refractivity contribution in [2.45, 2.75) is 16.5 Å². The molecule has 0 bridgehead atoms. The first-order valence-electron chi connectivity index (χ1n) is 11.3. The molecule has 5 N–H and O–H groups in total. The standard InChI is InChI=1S/C27H25F2N3O4S/c28-17-18-11-21(32-10-9-30)16-24(12-18)35-22-1-5-26(6-2-22)37(33,34)27-7-3-23(4-8-27)36-25-14-19(29)13-20(31)15-25/h1-8,11-16,32H,9-10,17,30-31H2. The number of rotatable bonds is 10. The van der Waals surface area contributed by atoms with Crippen LogP contribution in [0.4, 0.5) is 20.2 Å². The van der Waals surface area contributed by atoms with Crippen LogP contribution >= 0.6 is 0 Å². The van der Waals surface area contributed by atoms with Crippen LogP contribution in [0.2, 0.25) is 0 Å². The summed E-state index contributed by atoms with van der Waals surface area (Å²) in [6.45, 7) is 0.282. The first kappa shape index (κ1) is 25.9. The Balaban J connectivity index is 1.48. The van der Waals surface area contributed by atoms with Gasteiger partial charge in [-0.15, -0.1) is 0 Å². The molecule has 7 nitrogen and oxygen atoms in total. The monoisotopic (exact) mass is 525 g/mol. The average molecular weight is 526 g/mol. The number of sulfone groups is 1. The molecule has 0 saturated heterocycles. The summed E-state index contributed by atoms with van der Waals surface area (Å²) in [6, 6.07) is 20.4. The van der Waals surface area contributed by atoms with Crippen molar-refractivity contribution in [3.63, 3.8) is 0 Å². The van der Waals surface area contributed by atoms with E-state index in [2.05, 4.69) is 5.32 Å². The highest BCUT2D eigenvalue weighted by molar-refractivity contribution is 7.91. The van der Waals surface area contributed by atoms with Gasteiger partial charge < -0.3 is 26.3 Å². The summed E-state index contributed by atoms with van der Waals surface area (Å²) in [5, 5.41) is 3.08. The average Bonchev–Trinajstić information content (AvgIpc) is 2.87. The van der Waals surface area contributed by atoms with Gasteiger partial charge in [0.15, 0.2) is 0 Å². The van der Waals surface area contributed by atoms with E-state index in [4.69, 9.17) is 20.9 Å². The second-order valence-corrected chi connectivity index (χ2v) is 10.0. The molecule has 10 heteroatoms. The normalized spacial score (nSPS) is 11.2. The van der Waals surface area contributed by atoms with E-state index in [-0.39, 0.29) is 21.2 Å². The number of hydrogen-bond acceptors (Lipinski definition) is 7. The highest BCUT2D eigenvalue weighted by Crippen LogP contribution is 2.30. The fourth-order valence-corrected chi connectivity index (χ4v) is 4.80. The number of nitrogens with one attached hydrogen (secondary N) is 1. The molecule has 0 aliphatic carbocycles. The number of hydrogen-bond donors (Lipinski definition) is 3. The Morgan fingerprint density at radius 3 is 1.84 bits per heavy atom. The minimum absolute atomic E-state index is 0.0542. The van der Waals surface area contributed by atoms with Gasteiger partial charge in [0.25, 0.3) is 0 Å². The van der Waals surface area contributed by atoms with E-state index < -0.39 is 22.3 Å². The van der Waals surface area contributed by atoms with Crippen molar-refractivity contribution >= 4 is 21.2 Å². The Labute approximate surface area is 213 Å². The third kappa shape index (κ3) is 6.54. The lowest BCUT2D eigenvalue weighted by atomic mass is 10.2. The van der Waals surface area contributed by atoms with Crippen LogP contribution in [0.25, 0.3) is 0 Å². The zero-order valence-corrected chi connectivity index (χ0v) is 20.5. The third-order valence-electron chi connectivity index (χ3n) is 5.23. The Hall–Kier alpha value is -4.15. The van der Waals surface area contributed by atoms with E-state index in [0.717, 1.165) is 6.07 Å². The van der Waals surface area contributed by atoms with Crippen LogP contribution in [0.15, 0.2) is 94.7 Å². The molecular weight excluding hydrogens is 500 g/mol. The molecule has 0 heterocycles. The number of benzene rings is 4. The van der Waals surface area contributed by atoms with Crippen LogP contribution < -0.4 is 26.3 Å². The van der Waals surface area contributed by atoms with E-state index >= 15 is 0 Å². The van der Waals surface area contributed by atoms with E-state index in [1.807, 2.05) is 0 Å². The molecular formula is C27H25F2N3O4S. The van der Waals surface area contributed by atoms with Crippen LogP contribution in [-0.2, 0) is 16.5 Å². The first-order chi connectivity index (χ1) is 17.8. The molecule has 4 rings (SSSR count). The number of nitrogen functional groups attached to an aromatic ring is 1. The maximum Gasteiger partial charge on any atom is 0.206 e. The smallest absolute Gasteiger partial charge is 0.206 e. The van der Waals surface area contributed by atoms with Crippen LogP contribution in [0, 0.1) is 5.82 Å². The first-order valence-corrected chi connectivity index (χ1v) is 12.8. The van der Waals surface area contributed by atoms with Gasteiger partial charge in [-0.3, -0.25) is 0 Å². The maximum absolute atomic E-state index is 13.5. The molecule has 0 aromatic heterocycles. The van der Waals surface area contributed by atoms with Gasteiger partial charge in [0.1, 0.15) is 35.5 Å². The SMILES string of the molecule is NCCNc1cc(CF)cc(Oc2ccc(S(=O)(=O)c3ccc(Oc4cc(N)cc(F)c4)cc3)cc2)c1. The molecule has 0 aliphatic rings. The summed E-state index contributed by atoms with van der Waals surface area (Å²) >= 11 is 0. The van der Waals surface area contributed by atoms with Crippen molar-refractivity contribution in [2.24, 2.45) is 5.73 Å². The molecule has 0 unspecified atom stereocenters. The van der Waals surface area contributed by atoms with Crippen molar-refractivity contribution in [3.8, 4) is 23.0 Å². The Morgan fingerprint density at radius 1 is 0.757 bits per heavy atom. The molecule has 192 valence electrons. The molecule has 0 radical (unpaired) electrons. The summed E-state index contributed by atoms with van der Waals surface area (Å²) in [7, 11) is -3.82. The van der Waals surface area contributed by atoms with Gasteiger partial charge in [0.2, 0.25) is 9.84 Å². The quantitative estimate of drug-likeness (QED) is 0.229.